The Balaban J connectivity index is 1.41. The number of aromatic nitrogens is 3. The Morgan fingerprint density at radius 1 is 0.600 bits per heavy atom. The molecule has 55 heavy (non-hydrogen) atoms. The molecule has 8 aromatic rings. The van der Waals surface area contributed by atoms with E-state index in [1.165, 1.54) is 11.1 Å². The van der Waals surface area contributed by atoms with Crippen LogP contribution < -0.4 is 4.74 Å². The van der Waals surface area contributed by atoms with Gasteiger partial charge in [0.15, 0.2) is 0 Å². The van der Waals surface area contributed by atoms with Crippen molar-refractivity contribution in [2.75, 3.05) is 7.11 Å². The minimum Gasteiger partial charge on any atom is -0.496 e. The molecule has 0 fully saturated rings. The number of nitrogens with zero attached hydrogens (tertiary/aromatic N) is 3. The summed E-state index contributed by atoms with van der Waals surface area (Å²) in [4.78, 5) is 10.4. The monoisotopic (exact) mass is 720 g/mol. The first-order valence-corrected chi connectivity index (χ1v) is 18.8. The SMILES string of the molecule is [2H]C([2H])([2H])c1cc(-c2ccccc2)cc(-n2c(-c3cc(C)cc(C)c3OC)nc3c(-c4cc(-c5cc(-c6ccc(C)cc6)ccn5)cc(C(C)(C)C)c4)cccc32)c1. The number of rotatable bonds is 7. The number of hydrogen-bond donors (Lipinski definition) is 0. The molecule has 0 N–H and O–H groups in total. The molecule has 0 radical (unpaired) electrons. The molecule has 0 unspecified atom stereocenters. The van der Waals surface area contributed by atoms with Crippen LogP contribution >= 0.6 is 0 Å². The minimum absolute atomic E-state index is 0.159. The summed E-state index contributed by atoms with van der Waals surface area (Å²) < 4.78 is 33.7. The second-order valence-electron chi connectivity index (χ2n) is 15.6. The summed E-state index contributed by atoms with van der Waals surface area (Å²) in [5.74, 6) is 1.38. The topological polar surface area (TPSA) is 39.9 Å². The summed E-state index contributed by atoms with van der Waals surface area (Å²) in [5.41, 5.74) is 15.6. The van der Waals surface area contributed by atoms with Crippen molar-refractivity contribution < 1.29 is 8.85 Å². The molecular weight excluding hydrogens is 671 g/mol. The highest BCUT2D eigenvalue weighted by atomic mass is 16.5. The summed E-state index contributed by atoms with van der Waals surface area (Å²) >= 11 is 0. The van der Waals surface area contributed by atoms with Gasteiger partial charge in [-0.2, -0.15) is 0 Å². The number of pyridine rings is 1. The van der Waals surface area contributed by atoms with Crippen LogP contribution in [-0.4, -0.2) is 21.6 Å². The van der Waals surface area contributed by atoms with Crippen LogP contribution in [0.2, 0.25) is 0 Å². The number of imidazole rings is 1. The predicted octanol–water partition coefficient (Wildman–Crippen LogP) is 13.3. The lowest BCUT2D eigenvalue weighted by Crippen LogP contribution is -2.11. The molecule has 0 atom stereocenters. The first-order valence-electron chi connectivity index (χ1n) is 20.3. The normalized spacial score (nSPS) is 12.7. The van der Waals surface area contributed by atoms with Crippen molar-refractivity contribution in [3.05, 3.63) is 167 Å². The molecule has 2 aromatic heterocycles. The zero-order valence-electron chi connectivity index (χ0n) is 35.5. The standard InChI is InChI=1S/C51H47N3O/c1-32-17-19-37(20-18-32)38-21-22-52-46(31-38)41-27-40(28-42(29-41)51(5,6)7)44-15-12-16-47-48(44)53-50(45-26-33(2)23-35(4)49(45)55-8)54(47)43-25-34(3)24-39(30-43)36-13-10-9-11-14-36/h9-31H,1-8H3/i3D3. The zero-order chi connectivity index (χ0) is 40.9. The summed E-state index contributed by atoms with van der Waals surface area (Å²) in [6, 6.07) is 45.5. The molecule has 6 aromatic carbocycles. The van der Waals surface area contributed by atoms with Crippen LogP contribution in [-0.2, 0) is 5.41 Å². The Kier molecular flexibility index (Phi) is 8.30. The maximum Gasteiger partial charge on any atom is 0.149 e. The van der Waals surface area contributed by atoms with Gasteiger partial charge in [-0.05, 0) is 132 Å². The lowest BCUT2D eigenvalue weighted by molar-refractivity contribution is 0.413. The average Bonchev–Trinajstić information content (AvgIpc) is 3.60. The number of fused-ring (bicyclic) bond motifs is 1. The van der Waals surface area contributed by atoms with E-state index in [-0.39, 0.29) is 11.0 Å². The average molecular weight is 721 g/mol. The number of methoxy groups -OCH3 is 1. The van der Waals surface area contributed by atoms with Gasteiger partial charge in [-0.15, -0.1) is 0 Å². The fourth-order valence-electron chi connectivity index (χ4n) is 7.58. The third kappa shape index (κ3) is 6.97. The molecule has 4 nitrogen and oxygen atoms in total. The van der Waals surface area contributed by atoms with Gasteiger partial charge < -0.3 is 4.74 Å². The molecule has 0 aliphatic heterocycles. The van der Waals surface area contributed by atoms with Crippen LogP contribution in [0.1, 0.15) is 52.7 Å². The second kappa shape index (κ2) is 14.2. The van der Waals surface area contributed by atoms with Crippen molar-refractivity contribution in [2.24, 2.45) is 0 Å². The van der Waals surface area contributed by atoms with Gasteiger partial charge in [0.05, 0.1) is 29.4 Å². The van der Waals surface area contributed by atoms with E-state index in [2.05, 4.69) is 130 Å². The fourth-order valence-corrected chi connectivity index (χ4v) is 7.58. The molecule has 2 heterocycles. The Labute approximate surface area is 329 Å². The van der Waals surface area contributed by atoms with Crippen LogP contribution in [0.25, 0.3) is 72.7 Å². The Morgan fingerprint density at radius 3 is 2.11 bits per heavy atom. The second-order valence-corrected chi connectivity index (χ2v) is 15.6. The molecule has 0 aliphatic carbocycles. The summed E-state index contributed by atoms with van der Waals surface area (Å²) in [6.45, 7) is 10.6. The smallest absolute Gasteiger partial charge is 0.149 e. The number of hydrogen-bond acceptors (Lipinski definition) is 3. The van der Waals surface area contributed by atoms with Gasteiger partial charge >= 0.3 is 0 Å². The van der Waals surface area contributed by atoms with E-state index in [0.29, 0.717) is 11.5 Å². The molecular formula is C51H47N3O. The molecule has 272 valence electrons. The third-order valence-corrected chi connectivity index (χ3v) is 10.4. The summed E-state index contributed by atoms with van der Waals surface area (Å²) in [6.07, 6.45) is 1.89. The lowest BCUT2D eigenvalue weighted by atomic mass is 9.83. The Bertz CT molecular complexity index is 2810. The number of benzene rings is 6. The summed E-state index contributed by atoms with van der Waals surface area (Å²) in [7, 11) is 1.68. The van der Waals surface area contributed by atoms with E-state index in [0.717, 1.165) is 78.1 Å². The zero-order valence-corrected chi connectivity index (χ0v) is 32.5. The van der Waals surface area contributed by atoms with Gasteiger partial charge in [-0.25, -0.2) is 4.98 Å². The van der Waals surface area contributed by atoms with Gasteiger partial charge in [-0.3, -0.25) is 9.55 Å². The van der Waals surface area contributed by atoms with E-state index in [1.54, 1.807) is 19.2 Å². The fraction of sp³-hybridized carbons (Fsp3) is 0.176. The number of para-hydroxylation sites is 1. The molecule has 0 saturated heterocycles. The van der Waals surface area contributed by atoms with Crippen molar-refractivity contribution in [3.63, 3.8) is 0 Å². The molecule has 0 bridgehead atoms. The first-order chi connectivity index (χ1) is 27.7. The third-order valence-electron chi connectivity index (χ3n) is 10.4. The van der Waals surface area contributed by atoms with Gasteiger partial charge in [0.1, 0.15) is 11.6 Å². The van der Waals surface area contributed by atoms with Gasteiger partial charge in [0.25, 0.3) is 0 Å². The maximum absolute atomic E-state index is 8.52. The van der Waals surface area contributed by atoms with Crippen LogP contribution in [0.4, 0.5) is 0 Å². The van der Waals surface area contributed by atoms with Gasteiger partial charge in [0, 0.05) is 27.1 Å². The highest BCUT2D eigenvalue weighted by Crippen LogP contribution is 2.42. The van der Waals surface area contributed by atoms with E-state index in [4.69, 9.17) is 18.8 Å². The molecule has 4 heteroatoms. The van der Waals surface area contributed by atoms with Crippen LogP contribution in [0.5, 0.6) is 5.75 Å². The van der Waals surface area contributed by atoms with Gasteiger partial charge in [0.2, 0.25) is 0 Å². The Morgan fingerprint density at radius 2 is 1.36 bits per heavy atom. The Hall–Kier alpha value is -6.26. The van der Waals surface area contributed by atoms with E-state index in [9.17, 15) is 0 Å². The summed E-state index contributed by atoms with van der Waals surface area (Å²) in [5, 5.41) is 0. The van der Waals surface area contributed by atoms with E-state index < -0.39 is 6.85 Å². The maximum atomic E-state index is 8.52. The first kappa shape index (κ1) is 32.2. The molecule has 8 rings (SSSR count). The van der Waals surface area contributed by atoms with Crippen LogP contribution in [0.15, 0.2) is 140 Å². The quantitative estimate of drug-likeness (QED) is 0.165. The molecule has 0 amide bonds. The molecule has 0 saturated carbocycles. The number of aryl methyl sites for hydroxylation is 4. The predicted molar refractivity (Wildman–Crippen MR) is 230 cm³/mol. The van der Waals surface area contributed by atoms with Crippen molar-refractivity contribution in [1.82, 2.24) is 14.5 Å². The van der Waals surface area contributed by atoms with Gasteiger partial charge in [-0.1, -0.05) is 111 Å². The molecule has 0 aliphatic rings. The lowest BCUT2D eigenvalue weighted by Gasteiger charge is -2.22. The van der Waals surface area contributed by atoms with Crippen molar-refractivity contribution in [3.8, 4) is 67.5 Å². The van der Waals surface area contributed by atoms with Crippen molar-refractivity contribution in [1.29, 1.82) is 0 Å². The van der Waals surface area contributed by atoms with Crippen molar-refractivity contribution in [2.45, 2.75) is 53.8 Å². The number of ether oxygens (including phenoxy) is 1. The van der Waals surface area contributed by atoms with E-state index in [1.807, 2.05) is 43.5 Å². The van der Waals surface area contributed by atoms with E-state index >= 15 is 0 Å². The molecule has 0 spiro atoms. The largest absolute Gasteiger partial charge is 0.496 e. The van der Waals surface area contributed by atoms with Crippen molar-refractivity contribution >= 4 is 11.0 Å². The minimum atomic E-state index is -2.34. The highest BCUT2D eigenvalue weighted by Gasteiger charge is 2.24. The highest BCUT2D eigenvalue weighted by molar-refractivity contribution is 5.97. The van der Waals surface area contributed by atoms with Crippen LogP contribution in [0.3, 0.4) is 0 Å². The van der Waals surface area contributed by atoms with Crippen LogP contribution in [0, 0.1) is 27.6 Å².